The second-order valence-corrected chi connectivity index (χ2v) is 9.97. The number of aromatic nitrogens is 3. The number of benzene rings is 1. The molecule has 1 saturated heterocycles. The molecule has 3 aromatic rings. The number of carbonyl (C=O) groups is 1. The van der Waals surface area contributed by atoms with Gasteiger partial charge in [-0.05, 0) is 43.7 Å². The summed E-state index contributed by atoms with van der Waals surface area (Å²) < 4.78 is 1.91. The molecule has 1 atom stereocenters. The number of anilines is 1. The summed E-state index contributed by atoms with van der Waals surface area (Å²) in [6.07, 6.45) is 1.52. The van der Waals surface area contributed by atoms with Crippen LogP contribution in [0.25, 0.3) is 16.9 Å². The van der Waals surface area contributed by atoms with E-state index in [0.717, 1.165) is 46.9 Å². The first kappa shape index (κ1) is 22.6. The summed E-state index contributed by atoms with van der Waals surface area (Å²) in [7, 11) is 0. The molecule has 1 aliphatic rings. The van der Waals surface area contributed by atoms with E-state index >= 15 is 0 Å². The van der Waals surface area contributed by atoms with E-state index in [9.17, 15) is 9.90 Å². The van der Waals surface area contributed by atoms with Crippen LogP contribution in [0.1, 0.15) is 57.7 Å². The molecule has 0 aliphatic carbocycles. The number of aryl methyl sites for hydroxylation is 1. The minimum atomic E-state index is -0.776. The summed E-state index contributed by atoms with van der Waals surface area (Å²) in [4.78, 5) is 19.5. The van der Waals surface area contributed by atoms with Crippen molar-refractivity contribution in [2.45, 2.75) is 53.4 Å². The zero-order valence-electron chi connectivity index (χ0n) is 19.4. The normalized spacial score (nSPS) is 19.3. The molecule has 32 heavy (non-hydrogen) atoms. The smallest absolute Gasteiger partial charge is 0.311 e. The average molecular weight is 455 g/mol. The van der Waals surface area contributed by atoms with Crippen LogP contribution in [0.3, 0.4) is 0 Å². The number of halogens is 1. The lowest BCUT2D eigenvalue weighted by Crippen LogP contribution is -2.51. The number of rotatable bonds is 5. The lowest BCUT2D eigenvalue weighted by atomic mass is 9.71. The third-order valence-corrected chi connectivity index (χ3v) is 7.13. The van der Waals surface area contributed by atoms with E-state index in [4.69, 9.17) is 21.7 Å². The van der Waals surface area contributed by atoms with Crippen LogP contribution in [0.15, 0.2) is 30.3 Å². The molecule has 6 nitrogen and oxygen atoms in total. The first-order valence-corrected chi connectivity index (χ1v) is 11.7. The van der Waals surface area contributed by atoms with Crippen molar-refractivity contribution in [2.24, 2.45) is 11.3 Å². The van der Waals surface area contributed by atoms with Gasteiger partial charge in [-0.3, -0.25) is 4.79 Å². The Morgan fingerprint density at radius 2 is 1.88 bits per heavy atom. The van der Waals surface area contributed by atoms with Crippen molar-refractivity contribution in [1.29, 1.82) is 0 Å². The minimum Gasteiger partial charge on any atom is -0.481 e. The van der Waals surface area contributed by atoms with Crippen LogP contribution in [-0.4, -0.2) is 38.8 Å². The molecule has 0 bridgehead atoms. The fourth-order valence-corrected chi connectivity index (χ4v) is 5.14. The number of hydrogen-bond acceptors (Lipinski definition) is 4. The molecule has 1 unspecified atom stereocenters. The van der Waals surface area contributed by atoms with Crippen molar-refractivity contribution in [2.75, 3.05) is 18.0 Å². The standard InChI is InChI=1S/C25H31ClN4O2/c1-15(2)22-17(5)27-21-13-20(18-7-9-19(26)10-8-18)28-30(21)23(22)29-12-6-11-25(14-29,16(3)4)24(31)32/h7-10,13,15-16H,6,11-12,14H2,1-5H3,(H,31,32). The predicted octanol–water partition coefficient (Wildman–Crippen LogP) is 5.81. The van der Waals surface area contributed by atoms with Gasteiger partial charge in [0.05, 0.1) is 11.1 Å². The lowest BCUT2D eigenvalue weighted by Gasteiger charge is -2.44. The summed E-state index contributed by atoms with van der Waals surface area (Å²) in [6, 6.07) is 9.61. The zero-order chi connectivity index (χ0) is 23.2. The van der Waals surface area contributed by atoms with Crippen LogP contribution in [0.4, 0.5) is 5.82 Å². The third-order valence-electron chi connectivity index (χ3n) is 6.88. The Morgan fingerprint density at radius 1 is 1.19 bits per heavy atom. The van der Waals surface area contributed by atoms with Crippen molar-refractivity contribution < 1.29 is 9.90 Å². The quantitative estimate of drug-likeness (QED) is 0.526. The number of nitrogens with zero attached hydrogens (tertiary/aromatic N) is 4. The van der Waals surface area contributed by atoms with Crippen molar-refractivity contribution in [3.63, 3.8) is 0 Å². The fraction of sp³-hybridized carbons (Fsp3) is 0.480. The number of carboxylic acids is 1. The Labute approximate surface area is 194 Å². The highest BCUT2D eigenvalue weighted by atomic mass is 35.5. The maximum Gasteiger partial charge on any atom is 0.311 e. The van der Waals surface area contributed by atoms with Crippen molar-refractivity contribution in [3.8, 4) is 11.3 Å². The summed E-state index contributed by atoms with van der Waals surface area (Å²) in [5.41, 5.74) is 3.86. The van der Waals surface area contributed by atoms with Gasteiger partial charge in [-0.2, -0.15) is 9.61 Å². The van der Waals surface area contributed by atoms with Gasteiger partial charge in [-0.15, -0.1) is 0 Å². The molecule has 0 amide bonds. The number of hydrogen-bond donors (Lipinski definition) is 1. The van der Waals surface area contributed by atoms with Gasteiger partial charge in [0.1, 0.15) is 5.82 Å². The SMILES string of the molecule is Cc1nc2cc(-c3ccc(Cl)cc3)nn2c(N2CCCC(C(=O)O)(C(C)C)C2)c1C(C)C. The van der Waals surface area contributed by atoms with Crippen LogP contribution in [0.5, 0.6) is 0 Å². The van der Waals surface area contributed by atoms with E-state index < -0.39 is 11.4 Å². The molecule has 4 rings (SSSR count). The molecule has 0 spiro atoms. The summed E-state index contributed by atoms with van der Waals surface area (Å²) in [5.74, 6) is 0.512. The van der Waals surface area contributed by atoms with Gasteiger partial charge in [0.15, 0.2) is 5.65 Å². The molecule has 170 valence electrons. The van der Waals surface area contributed by atoms with E-state index in [-0.39, 0.29) is 11.8 Å². The molecule has 1 aromatic carbocycles. The molecule has 3 heterocycles. The minimum absolute atomic E-state index is 0.0333. The fourth-order valence-electron chi connectivity index (χ4n) is 5.01. The van der Waals surface area contributed by atoms with Crippen LogP contribution < -0.4 is 4.90 Å². The van der Waals surface area contributed by atoms with Gasteiger partial charge in [0.25, 0.3) is 0 Å². The summed E-state index contributed by atoms with van der Waals surface area (Å²) >= 11 is 6.07. The van der Waals surface area contributed by atoms with Gasteiger partial charge in [-0.25, -0.2) is 4.98 Å². The van der Waals surface area contributed by atoms with E-state index in [1.54, 1.807) is 0 Å². The molecule has 7 heteroatoms. The van der Waals surface area contributed by atoms with Crippen molar-refractivity contribution >= 4 is 29.0 Å². The van der Waals surface area contributed by atoms with Gasteiger partial charge in [0, 0.05) is 41.0 Å². The number of fused-ring (bicyclic) bond motifs is 1. The second-order valence-electron chi connectivity index (χ2n) is 9.54. The Balaban J connectivity index is 1.91. The molecule has 1 N–H and O–H groups in total. The highest BCUT2D eigenvalue weighted by molar-refractivity contribution is 6.30. The van der Waals surface area contributed by atoms with E-state index in [1.165, 1.54) is 0 Å². The van der Waals surface area contributed by atoms with E-state index in [2.05, 4.69) is 18.7 Å². The van der Waals surface area contributed by atoms with Gasteiger partial charge in [-0.1, -0.05) is 51.4 Å². The highest BCUT2D eigenvalue weighted by Gasteiger charge is 2.46. The number of piperidine rings is 1. The molecule has 2 aromatic heterocycles. The molecular formula is C25H31ClN4O2. The van der Waals surface area contributed by atoms with Gasteiger partial charge < -0.3 is 10.0 Å². The first-order chi connectivity index (χ1) is 15.1. The molecule has 1 fully saturated rings. The van der Waals surface area contributed by atoms with E-state index in [0.29, 0.717) is 18.0 Å². The number of carboxylic acid groups (broad SMARTS) is 1. The highest BCUT2D eigenvalue weighted by Crippen LogP contribution is 2.41. The third kappa shape index (κ3) is 3.75. The Bertz CT molecular complexity index is 1150. The van der Waals surface area contributed by atoms with Gasteiger partial charge in [0.2, 0.25) is 0 Å². The monoisotopic (exact) mass is 454 g/mol. The zero-order valence-corrected chi connectivity index (χ0v) is 20.1. The summed E-state index contributed by atoms with van der Waals surface area (Å²) in [6.45, 7) is 11.6. The van der Waals surface area contributed by atoms with Crippen LogP contribution in [0, 0.1) is 18.3 Å². The predicted molar refractivity (Wildman–Crippen MR) is 129 cm³/mol. The van der Waals surface area contributed by atoms with Gasteiger partial charge >= 0.3 is 5.97 Å². The van der Waals surface area contributed by atoms with Crippen LogP contribution in [-0.2, 0) is 4.79 Å². The average Bonchev–Trinajstić information content (AvgIpc) is 3.16. The molecule has 0 saturated carbocycles. The first-order valence-electron chi connectivity index (χ1n) is 11.3. The van der Waals surface area contributed by atoms with Crippen LogP contribution >= 0.6 is 11.6 Å². The maximum atomic E-state index is 12.4. The van der Waals surface area contributed by atoms with Crippen molar-refractivity contribution in [3.05, 3.63) is 46.6 Å². The molecule has 0 radical (unpaired) electrons. The molecule has 1 aliphatic heterocycles. The largest absolute Gasteiger partial charge is 0.481 e. The number of aliphatic carboxylic acids is 1. The molecular weight excluding hydrogens is 424 g/mol. The van der Waals surface area contributed by atoms with E-state index in [1.807, 2.05) is 55.6 Å². The van der Waals surface area contributed by atoms with Crippen LogP contribution in [0.2, 0.25) is 5.02 Å². The second kappa shape index (κ2) is 8.39. The Kier molecular flexibility index (Phi) is 5.93. The lowest BCUT2D eigenvalue weighted by molar-refractivity contribution is -0.152. The summed E-state index contributed by atoms with van der Waals surface area (Å²) in [5, 5.41) is 15.8. The topological polar surface area (TPSA) is 70.7 Å². The maximum absolute atomic E-state index is 12.4. The van der Waals surface area contributed by atoms with Crippen molar-refractivity contribution in [1.82, 2.24) is 14.6 Å². The Morgan fingerprint density at radius 3 is 2.47 bits per heavy atom. The Hall–Kier alpha value is -2.60.